The minimum absolute atomic E-state index is 0.0475. The summed E-state index contributed by atoms with van der Waals surface area (Å²) in [6.07, 6.45) is 4.46. The molecular formula is C33H28N4O3. The number of ether oxygens (including phenoxy) is 1. The summed E-state index contributed by atoms with van der Waals surface area (Å²) in [5, 5.41) is 14.7. The van der Waals surface area contributed by atoms with Crippen LogP contribution in [-0.4, -0.2) is 33.1 Å². The maximum Gasteiger partial charge on any atom is 0.271 e. The molecule has 0 aliphatic carbocycles. The number of para-hydroxylation sites is 1. The highest BCUT2D eigenvalue weighted by atomic mass is 16.5. The van der Waals surface area contributed by atoms with Gasteiger partial charge < -0.3 is 4.74 Å². The number of rotatable bonds is 8. The van der Waals surface area contributed by atoms with Gasteiger partial charge in [-0.15, -0.1) is 0 Å². The molecule has 7 nitrogen and oxygen atoms in total. The minimum Gasteiger partial charge on any atom is -0.494 e. The fourth-order valence-electron chi connectivity index (χ4n) is 4.58. The third-order valence-electron chi connectivity index (χ3n) is 6.65. The van der Waals surface area contributed by atoms with Crippen molar-refractivity contribution in [3.63, 3.8) is 0 Å². The Morgan fingerprint density at radius 2 is 1.68 bits per heavy atom. The number of benzene rings is 3. The van der Waals surface area contributed by atoms with Crippen LogP contribution in [-0.2, 0) is 16.1 Å². The number of carbonyl (C=O) groups is 2. The van der Waals surface area contributed by atoms with E-state index in [9.17, 15) is 14.9 Å². The predicted octanol–water partition coefficient (Wildman–Crippen LogP) is 6.12. The van der Waals surface area contributed by atoms with Gasteiger partial charge in [0.2, 0.25) is 0 Å². The molecule has 2 heterocycles. The number of imide groups is 1. The van der Waals surface area contributed by atoms with Gasteiger partial charge in [0.15, 0.2) is 0 Å². The zero-order valence-electron chi connectivity index (χ0n) is 22.4. The molecule has 0 atom stereocenters. The van der Waals surface area contributed by atoms with E-state index in [1.54, 1.807) is 17.7 Å². The number of hydrogen-bond donors (Lipinski definition) is 0. The summed E-state index contributed by atoms with van der Waals surface area (Å²) in [7, 11) is 0. The number of hydrogen-bond acceptors (Lipinski definition) is 5. The first-order valence-corrected chi connectivity index (χ1v) is 13.1. The van der Waals surface area contributed by atoms with Crippen LogP contribution >= 0.6 is 0 Å². The van der Waals surface area contributed by atoms with E-state index in [1.807, 2.05) is 104 Å². The molecule has 4 aromatic rings. The molecule has 7 heteroatoms. The van der Waals surface area contributed by atoms with Gasteiger partial charge >= 0.3 is 0 Å². The van der Waals surface area contributed by atoms with E-state index in [-0.39, 0.29) is 17.7 Å². The van der Waals surface area contributed by atoms with E-state index in [1.165, 1.54) is 0 Å². The molecule has 40 heavy (non-hydrogen) atoms. The van der Waals surface area contributed by atoms with Gasteiger partial charge in [0, 0.05) is 22.9 Å². The van der Waals surface area contributed by atoms with E-state index in [4.69, 9.17) is 9.84 Å². The lowest BCUT2D eigenvalue weighted by Crippen LogP contribution is -2.42. The molecule has 5 rings (SSSR count). The van der Waals surface area contributed by atoms with Crippen LogP contribution in [0.25, 0.3) is 23.0 Å². The number of carbonyl (C=O) groups excluding carboxylic acids is 2. The predicted molar refractivity (Wildman–Crippen MR) is 153 cm³/mol. The van der Waals surface area contributed by atoms with Crippen LogP contribution in [0.4, 0.5) is 0 Å². The molecule has 3 aromatic carbocycles. The van der Waals surface area contributed by atoms with Crippen LogP contribution in [0.15, 0.2) is 108 Å². The summed E-state index contributed by atoms with van der Waals surface area (Å²) in [6, 6.07) is 28.6. The Kier molecular flexibility index (Phi) is 7.70. The van der Waals surface area contributed by atoms with Gasteiger partial charge in [-0.1, -0.05) is 67.6 Å². The Labute approximate surface area is 233 Å². The van der Waals surface area contributed by atoms with Crippen molar-refractivity contribution in [3.05, 3.63) is 119 Å². The molecule has 0 fully saturated rings. The van der Waals surface area contributed by atoms with Gasteiger partial charge in [-0.25, -0.2) is 4.68 Å². The number of amides is 2. The average molecular weight is 529 g/mol. The van der Waals surface area contributed by atoms with Crippen molar-refractivity contribution in [1.82, 2.24) is 14.7 Å². The van der Waals surface area contributed by atoms with Crippen molar-refractivity contribution in [3.8, 4) is 28.8 Å². The van der Waals surface area contributed by atoms with Gasteiger partial charge in [-0.2, -0.15) is 10.4 Å². The normalized spacial score (nSPS) is 14.5. The first kappa shape index (κ1) is 26.4. The van der Waals surface area contributed by atoms with Crippen molar-refractivity contribution >= 4 is 17.9 Å². The van der Waals surface area contributed by atoms with Gasteiger partial charge in [-0.05, 0) is 54.8 Å². The smallest absolute Gasteiger partial charge is 0.271 e. The van der Waals surface area contributed by atoms with Crippen molar-refractivity contribution in [2.24, 2.45) is 0 Å². The van der Waals surface area contributed by atoms with Crippen LogP contribution < -0.4 is 4.74 Å². The van der Waals surface area contributed by atoms with E-state index in [2.05, 4.69) is 0 Å². The number of nitrogens with zero attached hydrogens (tertiary/aromatic N) is 4. The third kappa shape index (κ3) is 5.33. The standard InChI is InChI=1S/C33H28N4O3/c1-3-17-40-28-16-10-13-25(18-28)31-26(22-37(35-31)27-14-8-5-9-15-27)19-29-23(2)30(20-34)33(39)36(32(29)38)21-24-11-6-4-7-12-24/h4-16,18-19,22H,3,17,21H2,1-2H3/b29-19+. The van der Waals surface area contributed by atoms with Crippen molar-refractivity contribution in [2.75, 3.05) is 6.61 Å². The summed E-state index contributed by atoms with van der Waals surface area (Å²) in [4.78, 5) is 28.0. The Balaban J connectivity index is 1.64. The molecule has 0 N–H and O–H groups in total. The Morgan fingerprint density at radius 3 is 2.38 bits per heavy atom. The Bertz CT molecular complexity index is 1660. The highest BCUT2D eigenvalue weighted by Gasteiger charge is 2.35. The fourth-order valence-corrected chi connectivity index (χ4v) is 4.58. The lowest BCUT2D eigenvalue weighted by molar-refractivity contribution is -0.141. The van der Waals surface area contributed by atoms with E-state index in [0.717, 1.165) is 33.9 Å². The molecule has 0 saturated heterocycles. The second-order valence-electron chi connectivity index (χ2n) is 9.44. The summed E-state index contributed by atoms with van der Waals surface area (Å²) < 4.78 is 7.61. The molecule has 0 unspecified atom stereocenters. The number of nitriles is 1. The molecule has 0 saturated carbocycles. The van der Waals surface area contributed by atoms with Crippen LogP contribution in [0.5, 0.6) is 5.75 Å². The Morgan fingerprint density at radius 1 is 0.950 bits per heavy atom. The van der Waals surface area contributed by atoms with Gasteiger partial charge in [0.05, 0.1) is 18.8 Å². The largest absolute Gasteiger partial charge is 0.494 e. The Hall–Kier alpha value is -5.22. The second kappa shape index (κ2) is 11.7. The average Bonchev–Trinajstić information content (AvgIpc) is 3.42. The van der Waals surface area contributed by atoms with E-state index < -0.39 is 11.8 Å². The molecule has 0 spiro atoms. The first-order valence-electron chi connectivity index (χ1n) is 13.1. The van der Waals surface area contributed by atoms with Crippen molar-refractivity contribution in [2.45, 2.75) is 26.8 Å². The molecule has 2 amide bonds. The second-order valence-corrected chi connectivity index (χ2v) is 9.44. The summed E-state index contributed by atoms with van der Waals surface area (Å²) in [5.41, 5.74) is 4.36. The van der Waals surface area contributed by atoms with E-state index in [0.29, 0.717) is 23.4 Å². The highest BCUT2D eigenvalue weighted by molar-refractivity contribution is 6.19. The summed E-state index contributed by atoms with van der Waals surface area (Å²) in [5.74, 6) is -0.320. The van der Waals surface area contributed by atoms with Gasteiger partial charge in [-0.3, -0.25) is 14.5 Å². The molecule has 198 valence electrons. The van der Waals surface area contributed by atoms with Crippen molar-refractivity contribution in [1.29, 1.82) is 5.26 Å². The van der Waals surface area contributed by atoms with Gasteiger partial charge in [0.25, 0.3) is 11.8 Å². The summed E-state index contributed by atoms with van der Waals surface area (Å²) >= 11 is 0. The topological polar surface area (TPSA) is 88.2 Å². The fraction of sp³-hybridized carbons (Fsp3) is 0.152. The van der Waals surface area contributed by atoms with Crippen LogP contribution in [0.2, 0.25) is 0 Å². The van der Waals surface area contributed by atoms with Crippen LogP contribution in [0, 0.1) is 11.3 Å². The van der Waals surface area contributed by atoms with Gasteiger partial charge in [0.1, 0.15) is 23.1 Å². The molecule has 1 aliphatic rings. The van der Waals surface area contributed by atoms with Crippen LogP contribution in [0.3, 0.4) is 0 Å². The quantitative estimate of drug-likeness (QED) is 0.203. The lowest BCUT2D eigenvalue weighted by Gasteiger charge is -2.27. The molecular weight excluding hydrogens is 500 g/mol. The maximum absolute atomic E-state index is 13.8. The molecule has 1 aromatic heterocycles. The zero-order valence-corrected chi connectivity index (χ0v) is 22.4. The van der Waals surface area contributed by atoms with Crippen molar-refractivity contribution < 1.29 is 14.3 Å². The maximum atomic E-state index is 13.8. The minimum atomic E-state index is -0.591. The first-order chi connectivity index (χ1) is 19.5. The number of aromatic nitrogens is 2. The highest BCUT2D eigenvalue weighted by Crippen LogP contribution is 2.32. The van der Waals surface area contributed by atoms with E-state index >= 15 is 0 Å². The summed E-state index contributed by atoms with van der Waals surface area (Å²) in [6.45, 7) is 4.36. The molecule has 0 radical (unpaired) electrons. The molecule has 0 bridgehead atoms. The monoisotopic (exact) mass is 528 g/mol. The SMILES string of the molecule is CCCOc1cccc(-c2nn(-c3ccccc3)cc2/C=C2/C(=O)N(Cc3ccccc3)C(=O)C(C#N)=C2C)c1. The van der Waals surface area contributed by atoms with Crippen LogP contribution in [0.1, 0.15) is 31.4 Å². The third-order valence-corrected chi connectivity index (χ3v) is 6.65. The lowest BCUT2D eigenvalue weighted by atomic mass is 9.93. The molecule has 1 aliphatic heterocycles. The zero-order chi connectivity index (χ0) is 28.1.